The van der Waals surface area contributed by atoms with E-state index in [0.717, 1.165) is 19.5 Å². The summed E-state index contributed by atoms with van der Waals surface area (Å²) in [5.41, 5.74) is 2.62. The summed E-state index contributed by atoms with van der Waals surface area (Å²) in [4.78, 5) is 0. The van der Waals surface area contributed by atoms with Crippen molar-refractivity contribution in [3.8, 4) is 0 Å². The lowest BCUT2D eigenvalue weighted by Gasteiger charge is -2.11. The van der Waals surface area contributed by atoms with E-state index in [1.54, 1.807) is 12.5 Å². The van der Waals surface area contributed by atoms with Crippen LogP contribution in [0.2, 0.25) is 0 Å². The summed E-state index contributed by atoms with van der Waals surface area (Å²) in [5.74, 6) is 0.605. The Bertz CT molecular complexity index is 408. The molecule has 17 heavy (non-hydrogen) atoms. The van der Waals surface area contributed by atoms with Gasteiger partial charge < -0.3 is 9.73 Å². The molecular formula is C15H19NO. The van der Waals surface area contributed by atoms with Gasteiger partial charge in [0.25, 0.3) is 0 Å². The molecule has 2 rings (SSSR count). The lowest BCUT2D eigenvalue weighted by atomic mass is 9.98. The summed E-state index contributed by atoms with van der Waals surface area (Å²) in [6.07, 6.45) is 4.65. The van der Waals surface area contributed by atoms with Gasteiger partial charge in [-0.15, -0.1) is 0 Å². The lowest BCUT2D eigenvalue weighted by molar-refractivity contribution is 0.555. The van der Waals surface area contributed by atoms with Crippen LogP contribution in [0.1, 0.15) is 30.4 Å². The van der Waals surface area contributed by atoms with Gasteiger partial charge in [0.15, 0.2) is 0 Å². The van der Waals surface area contributed by atoms with E-state index < -0.39 is 0 Å². The van der Waals surface area contributed by atoms with E-state index in [9.17, 15) is 0 Å². The van der Waals surface area contributed by atoms with Crippen LogP contribution in [-0.4, -0.2) is 6.54 Å². The first-order chi connectivity index (χ1) is 8.36. The smallest absolute Gasteiger partial charge is 0.0947 e. The van der Waals surface area contributed by atoms with Crippen molar-refractivity contribution in [2.45, 2.75) is 25.8 Å². The second kappa shape index (κ2) is 6.26. The predicted molar refractivity (Wildman–Crippen MR) is 69.9 cm³/mol. The molecule has 0 saturated heterocycles. The van der Waals surface area contributed by atoms with Gasteiger partial charge in [0.05, 0.1) is 12.5 Å². The van der Waals surface area contributed by atoms with E-state index in [4.69, 9.17) is 4.42 Å². The van der Waals surface area contributed by atoms with Gasteiger partial charge in [-0.3, -0.25) is 0 Å². The van der Waals surface area contributed by atoms with Crippen LogP contribution in [0.15, 0.2) is 53.3 Å². The molecule has 1 unspecified atom stereocenters. The number of rotatable bonds is 6. The van der Waals surface area contributed by atoms with E-state index in [2.05, 4.69) is 42.6 Å². The molecule has 2 nitrogen and oxygen atoms in total. The highest BCUT2D eigenvalue weighted by Crippen LogP contribution is 2.17. The van der Waals surface area contributed by atoms with E-state index in [-0.39, 0.29) is 0 Å². The Balaban J connectivity index is 1.68. The molecule has 0 bridgehead atoms. The number of benzene rings is 1. The third kappa shape index (κ3) is 3.75. The normalized spacial score (nSPS) is 12.5. The Morgan fingerprint density at radius 3 is 2.71 bits per heavy atom. The molecule has 0 aliphatic heterocycles. The summed E-state index contributed by atoms with van der Waals surface area (Å²) < 4.78 is 5.02. The molecule has 1 aromatic carbocycles. The molecule has 1 N–H and O–H groups in total. The van der Waals surface area contributed by atoms with Crippen LogP contribution in [0.5, 0.6) is 0 Å². The van der Waals surface area contributed by atoms with Crippen LogP contribution < -0.4 is 5.32 Å². The van der Waals surface area contributed by atoms with E-state index in [1.807, 2.05) is 6.07 Å². The van der Waals surface area contributed by atoms with Crippen molar-refractivity contribution in [3.05, 3.63) is 60.1 Å². The summed E-state index contributed by atoms with van der Waals surface area (Å²) in [6, 6.07) is 12.7. The van der Waals surface area contributed by atoms with Crippen molar-refractivity contribution in [1.29, 1.82) is 0 Å². The van der Waals surface area contributed by atoms with E-state index in [1.165, 1.54) is 11.1 Å². The second-order valence-electron chi connectivity index (χ2n) is 4.41. The highest BCUT2D eigenvalue weighted by Gasteiger charge is 2.03. The molecule has 1 atom stereocenters. The second-order valence-corrected chi connectivity index (χ2v) is 4.41. The van der Waals surface area contributed by atoms with Crippen molar-refractivity contribution < 1.29 is 4.42 Å². The zero-order valence-corrected chi connectivity index (χ0v) is 10.2. The third-order valence-electron chi connectivity index (χ3n) is 3.03. The van der Waals surface area contributed by atoms with Gasteiger partial charge >= 0.3 is 0 Å². The van der Waals surface area contributed by atoms with Gasteiger partial charge in [-0.1, -0.05) is 37.3 Å². The van der Waals surface area contributed by atoms with Crippen LogP contribution in [0.3, 0.4) is 0 Å². The first-order valence-electron chi connectivity index (χ1n) is 6.13. The highest BCUT2D eigenvalue weighted by atomic mass is 16.3. The molecule has 0 radical (unpaired) electrons. The molecule has 0 spiro atoms. The van der Waals surface area contributed by atoms with Crippen LogP contribution in [-0.2, 0) is 6.54 Å². The van der Waals surface area contributed by atoms with Crippen molar-refractivity contribution in [1.82, 2.24) is 5.32 Å². The molecule has 1 aromatic heterocycles. The van der Waals surface area contributed by atoms with Crippen LogP contribution in [0, 0.1) is 0 Å². The maximum Gasteiger partial charge on any atom is 0.0947 e. The Hall–Kier alpha value is -1.54. The molecule has 0 amide bonds. The number of nitrogens with one attached hydrogen (secondary N) is 1. The van der Waals surface area contributed by atoms with Gasteiger partial charge in [-0.2, -0.15) is 0 Å². The molecule has 0 aliphatic rings. The minimum Gasteiger partial charge on any atom is -0.472 e. The third-order valence-corrected chi connectivity index (χ3v) is 3.03. The fourth-order valence-corrected chi connectivity index (χ4v) is 1.89. The van der Waals surface area contributed by atoms with Gasteiger partial charge in [0.2, 0.25) is 0 Å². The zero-order chi connectivity index (χ0) is 11.9. The van der Waals surface area contributed by atoms with Crippen LogP contribution in [0.4, 0.5) is 0 Å². The lowest BCUT2D eigenvalue weighted by Crippen LogP contribution is -2.16. The van der Waals surface area contributed by atoms with Crippen LogP contribution in [0.25, 0.3) is 0 Å². The number of hydrogen-bond acceptors (Lipinski definition) is 2. The highest BCUT2D eigenvalue weighted by molar-refractivity contribution is 5.18. The van der Waals surface area contributed by atoms with Crippen molar-refractivity contribution in [2.24, 2.45) is 0 Å². The maximum absolute atomic E-state index is 5.02. The van der Waals surface area contributed by atoms with Crippen LogP contribution >= 0.6 is 0 Å². The van der Waals surface area contributed by atoms with E-state index in [0.29, 0.717) is 5.92 Å². The molecule has 2 aromatic rings. The SMILES string of the molecule is CC(CCNCc1ccoc1)c1ccccc1. The standard InChI is InChI=1S/C15H19NO/c1-13(15-5-3-2-4-6-15)7-9-16-11-14-8-10-17-12-14/h2-6,8,10,12-13,16H,7,9,11H2,1H3. The maximum atomic E-state index is 5.02. The molecule has 1 heterocycles. The first kappa shape index (κ1) is 11.9. The number of furan rings is 1. The molecule has 0 fully saturated rings. The number of hydrogen-bond donors (Lipinski definition) is 1. The zero-order valence-electron chi connectivity index (χ0n) is 10.2. The Morgan fingerprint density at radius 2 is 2.00 bits per heavy atom. The van der Waals surface area contributed by atoms with Gasteiger partial charge in [0.1, 0.15) is 0 Å². The summed E-state index contributed by atoms with van der Waals surface area (Å²) in [5, 5.41) is 3.43. The van der Waals surface area contributed by atoms with Crippen molar-refractivity contribution in [2.75, 3.05) is 6.54 Å². The fourth-order valence-electron chi connectivity index (χ4n) is 1.89. The molecular weight excluding hydrogens is 210 g/mol. The van der Waals surface area contributed by atoms with Gasteiger partial charge in [-0.25, -0.2) is 0 Å². The van der Waals surface area contributed by atoms with E-state index >= 15 is 0 Å². The van der Waals surface area contributed by atoms with Gasteiger partial charge in [-0.05, 0) is 30.5 Å². The quantitative estimate of drug-likeness (QED) is 0.766. The molecule has 0 saturated carbocycles. The average Bonchev–Trinajstić information content (AvgIpc) is 2.88. The van der Waals surface area contributed by atoms with Crippen molar-refractivity contribution >= 4 is 0 Å². The Kier molecular flexibility index (Phi) is 4.39. The summed E-state index contributed by atoms with van der Waals surface area (Å²) in [6.45, 7) is 4.19. The fraction of sp³-hybridized carbons (Fsp3) is 0.333. The Morgan fingerprint density at radius 1 is 1.18 bits per heavy atom. The molecule has 0 aliphatic carbocycles. The minimum atomic E-state index is 0.605. The molecule has 90 valence electrons. The van der Waals surface area contributed by atoms with Gasteiger partial charge in [0, 0.05) is 12.1 Å². The predicted octanol–water partition coefficient (Wildman–Crippen LogP) is 3.56. The molecule has 2 heteroatoms. The summed E-state index contributed by atoms with van der Waals surface area (Å²) >= 11 is 0. The topological polar surface area (TPSA) is 25.2 Å². The minimum absolute atomic E-state index is 0.605. The first-order valence-corrected chi connectivity index (χ1v) is 6.13. The monoisotopic (exact) mass is 229 g/mol. The summed E-state index contributed by atoms with van der Waals surface area (Å²) in [7, 11) is 0. The van der Waals surface area contributed by atoms with Crippen molar-refractivity contribution in [3.63, 3.8) is 0 Å². The average molecular weight is 229 g/mol. The Labute approximate surface area is 103 Å². The largest absolute Gasteiger partial charge is 0.472 e.